The van der Waals surface area contributed by atoms with Crippen LogP contribution in [0.15, 0.2) is 47.6 Å². The van der Waals surface area contributed by atoms with E-state index < -0.39 is 17.3 Å². The summed E-state index contributed by atoms with van der Waals surface area (Å²) in [4.78, 5) is 24.3. The van der Waals surface area contributed by atoms with Gasteiger partial charge in [-0.3, -0.25) is 4.79 Å². The number of rotatable bonds is 15. The lowest BCUT2D eigenvalue weighted by atomic mass is 9.63. The molecule has 2 saturated carbocycles. The number of halogens is 1. The molecule has 0 radical (unpaired) electrons. The van der Waals surface area contributed by atoms with Gasteiger partial charge in [0.1, 0.15) is 22.3 Å². The van der Waals surface area contributed by atoms with Gasteiger partial charge in [-0.15, -0.1) is 5.10 Å². The van der Waals surface area contributed by atoms with Crippen LogP contribution in [0.25, 0.3) is 5.82 Å². The van der Waals surface area contributed by atoms with E-state index in [0.717, 1.165) is 50.1 Å². The molecule has 1 aliphatic heterocycles. The predicted octanol–water partition coefficient (Wildman–Crippen LogP) is 6.68. The van der Waals surface area contributed by atoms with E-state index in [4.69, 9.17) is 16.3 Å². The van der Waals surface area contributed by atoms with Gasteiger partial charge in [0.25, 0.3) is 10.9 Å². The van der Waals surface area contributed by atoms with Gasteiger partial charge in [0.15, 0.2) is 5.82 Å². The Balaban J connectivity index is 0.970. The van der Waals surface area contributed by atoms with Crippen LogP contribution in [0.3, 0.4) is 0 Å². The number of pyridine rings is 2. The van der Waals surface area contributed by atoms with Crippen LogP contribution in [0.2, 0.25) is 5.15 Å². The van der Waals surface area contributed by atoms with Crippen LogP contribution in [-0.2, 0) is 11.4 Å². The van der Waals surface area contributed by atoms with E-state index in [2.05, 4.69) is 50.9 Å². The Bertz CT molecular complexity index is 1500. The number of amides is 1. The van der Waals surface area contributed by atoms with Crippen LogP contribution in [0, 0.1) is 23.7 Å². The fourth-order valence-corrected chi connectivity index (χ4v) is 8.30. The smallest absolute Gasteiger partial charge is 0.295 e. The van der Waals surface area contributed by atoms with Gasteiger partial charge in [0, 0.05) is 37.0 Å². The Morgan fingerprint density at radius 2 is 1.89 bits per heavy atom. The summed E-state index contributed by atoms with van der Waals surface area (Å²) in [6, 6.07) is 10.2. The van der Waals surface area contributed by atoms with Crippen LogP contribution in [0.4, 0.5) is 5.82 Å². The number of hydrogen-bond acceptors (Lipinski definition) is 8. The number of anilines is 1. The molecule has 2 atom stereocenters. The highest BCUT2D eigenvalue weighted by Crippen LogP contribution is 2.46. The average Bonchev–Trinajstić information content (AvgIpc) is 3.56. The number of hydrogen-bond donors (Lipinski definition) is 2. The Hall–Kier alpha value is -2.86. The minimum absolute atomic E-state index is 0.0148. The molecule has 4 heterocycles. The molecule has 10 nitrogen and oxygen atoms in total. The Morgan fingerprint density at radius 1 is 1.13 bits per heavy atom. The first-order chi connectivity index (χ1) is 22.7. The first kappa shape index (κ1) is 34.0. The van der Waals surface area contributed by atoms with E-state index >= 15 is 0 Å². The van der Waals surface area contributed by atoms with Gasteiger partial charge in [-0.05, 0) is 88.4 Å². The van der Waals surface area contributed by atoms with Crippen molar-refractivity contribution in [3.8, 4) is 11.7 Å². The summed E-state index contributed by atoms with van der Waals surface area (Å²) in [5, 5.41) is 8.07. The fourth-order valence-electron chi connectivity index (χ4n) is 7.30. The topological polar surface area (TPSA) is 120 Å². The van der Waals surface area contributed by atoms with E-state index in [-0.39, 0.29) is 21.3 Å². The summed E-state index contributed by atoms with van der Waals surface area (Å²) in [6.45, 7) is 7.15. The van der Waals surface area contributed by atoms with Crippen LogP contribution in [0.1, 0.15) is 88.4 Å². The molecule has 3 aromatic rings. The van der Waals surface area contributed by atoms with Crippen molar-refractivity contribution in [2.75, 3.05) is 32.1 Å². The molecule has 3 aromatic heterocycles. The molecule has 254 valence electrons. The molecule has 2 unspecified atom stereocenters. The van der Waals surface area contributed by atoms with Crippen LogP contribution < -0.4 is 14.8 Å². The molecule has 1 amide bonds. The maximum absolute atomic E-state index is 13.0. The van der Waals surface area contributed by atoms with E-state index in [1.54, 1.807) is 35.1 Å². The van der Waals surface area contributed by atoms with Crippen molar-refractivity contribution in [1.82, 2.24) is 29.4 Å². The molecule has 2 N–H and O–H groups in total. The highest BCUT2D eigenvalue weighted by molar-refractivity contribution is 7.90. The summed E-state index contributed by atoms with van der Waals surface area (Å²) >= 11 is 4.55. The second-order valence-corrected chi connectivity index (χ2v) is 15.7. The Morgan fingerprint density at radius 3 is 2.55 bits per heavy atom. The molecule has 3 fully saturated rings. The van der Waals surface area contributed by atoms with E-state index in [1.165, 1.54) is 44.9 Å². The number of nitrogens with zero attached hydrogens (tertiary/aromatic N) is 5. The lowest BCUT2D eigenvalue weighted by Gasteiger charge is -2.42. The highest BCUT2D eigenvalue weighted by atomic mass is 35.5. The SMILES string of the molecule is CN1CC(CCCNc2cccc([S+]([O-])NC(=O)c3ccc(-n4ccc(OCCC(C5CCC5)C5CCC5)n4)nc3Cl)n2)CC1(C)C. The van der Waals surface area contributed by atoms with Crippen LogP contribution >= 0.6 is 11.6 Å². The van der Waals surface area contributed by atoms with Crippen LogP contribution in [0.5, 0.6) is 5.88 Å². The monoisotopic (exact) mass is 681 g/mol. The molecule has 2 aliphatic carbocycles. The molecule has 0 aromatic carbocycles. The van der Waals surface area contributed by atoms with Gasteiger partial charge in [-0.1, -0.05) is 56.2 Å². The van der Waals surface area contributed by atoms with Crippen molar-refractivity contribution in [3.05, 3.63) is 53.3 Å². The standard InChI is InChI=1S/C35H48ClN7O3S/c1-35(2)22-24(23-42(35)3)8-7-19-37-29-13-6-14-32(38-29)47(45)41-34(44)28-15-16-30(39-33(28)36)43-20-17-31(40-43)46-21-18-27(25-9-4-10-25)26-11-5-12-26/h6,13-17,20,24-27H,4-5,7-12,18-19,21-23H2,1-3H3,(H,37,38)(H,41,44). The van der Waals surface area contributed by atoms with Gasteiger partial charge < -0.3 is 19.5 Å². The quantitative estimate of drug-likeness (QED) is 0.104. The zero-order valence-electron chi connectivity index (χ0n) is 27.8. The third-order valence-corrected chi connectivity index (χ3v) is 11.9. The Labute approximate surface area is 286 Å². The van der Waals surface area contributed by atoms with Crippen molar-refractivity contribution in [3.63, 3.8) is 0 Å². The second kappa shape index (κ2) is 15.1. The summed E-state index contributed by atoms with van der Waals surface area (Å²) < 4.78 is 23.1. The maximum Gasteiger partial charge on any atom is 0.295 e. The average molecular weight is 682 g/mol. The highest BCUT2D eigenvalue weighted by Gasteiger charge is 2.36. The third kappa shape index (κ3) is 8.42. The molecule has 0 spiro atoms. The molecule has 0 bridgehead atoms. The summed E-state index contributed by atoms with van der Waals surface area (Å²) in [5.74, 6) is 4.22. The van der Waals surface area contributed by atoms with E-state index in [1.807, 2.05) is 12.1 Å². The zero-order chi connectivity index (χ0) is 33.0. The van der Waals surface area contributed by atoms with E-state index in [0.29, 0.717) is 30.0 Å². The van der Waals surface area contributed by atoms with Gasteiger partial charge in [0.05, 0.1) is 12.2 Å². The number of carbonyl (C=O) groups is 1. The van der Waals surface area contributed by atoms with Gasteiger partial charge >= 0.3 is 0 Å². The number of likely N-dealkylation sites (tertiary alicyclic amines) is 1. The lowest BCUT2D eigenvalue weighted by Crippen LogP contribution is -2.34. The maximum atomic E-state index is 13.0. The van der Waals surface area contributed by atoms with Crippen molar-refractivity contribution in [1.29, 1.82) is 0 Å². The van der Waals surface area contributed by atoms with Gasteiger partial charge in [-0.25, -0.2) is 9.67 Å². The molecule has 6 rings (SSSR count). The minimum atomic E-state index is -1.88. The largest absolute Gasteiger partial charge is 0.587 e. The van der Waals surface area contributed by atoms with Gasteiger partial charge in [0.2, 0.25) is 5.88 Å². The number of nitrogens with one attached hydrogen (secondary N) is 2. The molecule has 1 saturated heterocycles. The molecular formula is C35H48ClN7O3S. The number of ether oxygens (including phenoxy) is 1. The first-order valence-electron chi connectivity index (χ1n) is 17.2. The summed E-state index contributed by atoms with van der Waals surface area (Å²) in [6.07, 6.45) is 14.4. The fraction of sp³-hybridized carbons (Fsp3) is 0.600. The normalized spacial score (nSPS) is 20.5. The van der Waals surface area contributed by atoms with Crippen LogP contribution in [-0.4, -0.2) is 67.4 Å². The third-order valence-electron chi connectivity index (χ3n) is 10.6. The second-order valence-electron chi connectivity index (χ2n) is 14.2. The predicted molar refractivity (Wildman–Crippen MR) is 185 cm³/mol. The Kier molecular flexibility index (Phi) is 11.0. The van der Waals surface area contributed by atoms with Crippen molar-refractivity contribution < 1.29 is 14.1 Å². The lowest BCUT2D eigenvalue weighted by molar-refractivity contribution is 0.0720. The van der Waals surface area contributed by atoms with Crippen molar-refractivity contribution in [2.45, 2.75) is 88.6 Å². The molecular weight excluding hydrogens is 634 g/mol. The summed E-state index contributed by atoms with van der Waals surface area (Å²) in [7, 11) is 2.19. The first-order valence-corrected chi connectivity index (χ1v) is 18.7. The van der Waals surface area contributed by atoms with Crippen molar-refractivity contribution >= 4 is 34.7 Å². The van der Waals surface area contributed by atoms with E-state index in [9.17, 15) is 9.35 Å². The number of aromatic nitrogens is 4. The minimum Gasteiger partial charge on any atom is -0.587 e. The number of carbonyl (C=O) groups excluding carboxylic acids is 1. The van der Waals surface area contributed by atoms with Gasteiger partial charge in [-0.2, -0.15) is 9.71 Å². The van der Waals surface area contributed by atoms with Crippen molar-refractivity contribution in [2.24, 2.45) is 23.7 Å². The molecule has 47 heavy (non-hydrogen) atoms. The molecule has 12 heteroatoms. The zero-order valence-corrected chi connectivity index (χ0v) is 29.4. The molecule has 3 aliphatic rings. The summed E-state index contributed by atoms with van der Waals surface area (Å²) in [5.41, 5.74) is 0.372.